The Balaban J connectivity index is 1.50. The summed E-state index contributed by atoms with van der Waals surface area (Å²) >= 11 is 0. The number of hydrogen-bond acceptors (Lipinski definition) is 5. The average Bonchev–Trinajstić information content (AvgIpc) is 3.10. The molecule has 1 aliphatic heterocycles. The van der Waals surface area contributed by atoms with Gasteiger partial charge in [0.05, 0.1) is 11.8 Å². The van der Waals surface area contributed by atoms with Crippen LogP contribution in [0.4, 0.5) is 0 Å². The Bertz CT molecular complexity index is 713. The van der Waals surface area contributed by atoms with Gasteiger partial charge in [-0.3, -0.25) is 4.79 Å². The molecule has 1 N–H and O–H groups in total. The second-order valence-electron chi connectivity index (χ2n) is 5.87. The summed E-state index contributed by atoms with van der Waals surface area (Å²) in [6.45, 7) is 2.64. The largest absolute Gasteiger partial charge is 0.378 e. The normalized spacial score (nSPS) is 26.3. The van der Waals surface area contributed by atoms with E-state index in [-0.39, 0.29) is 11.9 Å². The predicted octanol–water partition coefficient (Wildman–Crippen LogP) is 0.878. The molecule has 0 radical (unpaired) electrons. The van der Waals surface area contributed by atoms with E-state index in [1.54, 1.807) is 16.8 Å². The summed E-state index contributed by atoms with van der Waals surface area (Å²) in [5.41, 5.74) is 1.40. The van der Waals surface area contributed by atoms with Gasteiger partial charge in [0.15, 0.2) is 5.82 Å². The standard InChI is InChI=1S/C15H17N5O2/c1-9-17-18-19-20(9)11-4-2-3-10(7-11)15(21)16-13-8-14-12(13)5-6-22-14/h2-4,7,12-14H,5-6,8H2,1H3,(H,16,21)/t12-,13+,14+/m0/s1. The zero-order chi connectivity index (χ0) is 15.1. The van der Waals surface area contributed by atoms with Crippen molar-refractivity contribution in [3.05, 3.63) is 35.7 Å². The number of hydrogen-bond donors (Lipinski definition) is 1. The number of benzene rings is 1. The van der Waals surface area contributed by atoms with Gasteiger partial charge in [-0.2, -0.15) is 4.68 Å². The number of nitrogens with zero attached hydrogens (tertiary/aromatic N) is 4. The van der Waals surface area contributed by atoms with Crippen molar-refractivity contribution in [2.45, 2.75) is 31.9 Å². The van der Waals surface area contributed by atoms with Crippen LogP contribution in [-0.2, 0) is 4.74 Å². The van der Waals surface area contributed by atoms with Gasteiger partial charge >= 0.3 is 0 Å². The number of nitrogens with one attached hydrogen (secondary N) is 1. The summed E-state index contributed by atoms with van der Waals surface area (Å²) < 4.78 is 7.19. The first-order valence-corrected chi connectivity index (χ1v) is 7.50. The number of fused-ring (bicyclic) bond motifs is 1. The first kappa shape index (κ1) is 13.4. The lowest BCUT2D eigenvalue weighted by Gasteiger charge is -2.39. The van der Waals surface area contributed by atoms with Crippen molar-refractivity contribution in [3.63, 3.8) is 0 Å². The molecular formula is C15H17N5O2. The molecule has 2 aliphatic rings. The SMILES string of the molecule is Cc1nnnn1-c1cccc(C(=O)N[C@@H]2C[C@H]3OCC[C@@H]23)c1. The minimum atomic E-state index is -0.0528. The molecule has 1 aliphatic carbocycles. The highest BCUT2D eigenvalue weighted by molar-refractivity contribution is 5.95. The molecule has 1 aromatic carbocycles. The third-order valence-electron chi connectivity index (χ3n) is 4.56. The summed E-state index contributed by atoms with van der Waals surface area (Å²) in [5, 5.41) is 14.5. The molecule has 2 aromatic rings. The van der Waals surface area contributed by atoms with Gasteiger partial charge in [0, 0.05) is 24.1 Å². The maximum Gasteiger partial charge on any atom is 0.251 e. The first-order valence-electron chi connectivity index (χ1n) is 7.50. The number of rotatable bonds is 3. The number of aromatic nitrogens is 4. The van der Waals surface area contributed by atoms with Crippen molar-refractivity contribution >= 4 is 5.91 Å². The molecule has 2 heterocycles. The lowest BCUT2D eigenvalue weighted by molar-refractivity contribution is 0.00810. The smallest absolute Gasteiger partial charge is 0.251 e. The van der Waals surface area contributed by atoms with Crippen LogP contribution in [0.5, 0.6) is 0 Å². The molecule has 0 spiro atoms. The molecule has 0 bridgehead atoms. The van der Waals surface area contributed by atoms with E-state index < -0.39 is 0 Å². The highest BCUT2D eigenvalue weighted by Crippen LogP contribution is 2.38. The van der Waals surface area contributed by atoms with Crippen LogP contribution in [-0.4, -0.2) is 44.9 Å². The molecule has 1 saturated heterocycles. The maximum absolute atomic E-state index is 12.4. The van der Waals surface area contributed by atoms with Gasteiger partial charge in [-0.05, 0) is 48.4 Å². The maximum atomic E-state index is 12.4. The van der Waals surface area contributed by atoms with E-state index in [4.69, 9.17) is 4.74 Å². The number of ether oxygens (including phenoxy) is 1. The van der Waals surface area contributed by atoms with Crippen LogP contribution >= 0.6 is 0 Å². The monoisotopic (exact) mass is 299 g/mol. The molecule has 2 fully saturated rings. The zero-order valence-electron chi connectivity index (χ0n) is 12.3. The third-order valence-corrected chi connectivity index (χ3v) is 4.56. The van der Waals surface area contributed by atoms with Crippen LogP contribution in [0.15, 0.2) is 24.3 Å². The Kier molecular flexibility index (Phi) is 3.15. The Hall–Kier alpha value is -2.28. The molecular weight excluding hydrogens is 282 g/mol. The Morgan fingerprint density at radius 1 is 1.45 bits per heavy atom. The Morgan fingerprint density at radius 3 is 3.14 bits per heavy atom. The van der Waals surface area contributed by atoms with Gasteiger partial charge < -0.3 is 10.1 Å². The van der Waals surface area contributed by atoms with Crippen molar-refractivity contribution in [2.24, 2.45) is 5.92 Å². The molecule has 3 atom stereocenters. The van der Waals surface area contributed by atoms with Crippen LogP contribution in [0.25, 0.3) is 5.69 Å². The van der Waals surface area contributed by atoms with Crippen molar-refractivity contribution in [1.29, 1.82) is 0 Å². The van der Waals surface area contributed by atoms with E-state index >= 15 is 0 Å². The second-order valence-corrected chi connectivity index (χ2v) is 5.87. The van der Waals surface area contributed by atoms with Gasteiger partial charge in [0.1, 0.15) is 0 Å². The predicted molar refractivity (Wildman–Crippen MR) is 77.6 cm³/mol. The number of carbonyl (C=O) groups excluding carboxylic acids is 1. The molecule has 7 nitrogen and oxygen atoms in total. The molecule has 1 saturated carbocycles. The highest BCUT2D eigenvalue weighted by atomic mass is 16.5. The molecule has 7 heteroatoms. The summed E-state index contributed by atoms with van der Waals surface area (Å²) in [4.78, 5) is 12.4. The molecule has 4 rings (SSSR count). The summed E-state index contributed by atoms with van der Waals surface area (Å²) in [7, 11) is 0. The Morgan fingerprint density at radius 2 is 2.36 bits per heavy atom. The molecule has 1 amide bonds. The van der Waals surface area contributed by atoms with Gasteiger partial charge in [-0.25, -0.2) is 0 Å². The first-order chi connectivity index (χ1) is 10.7. The second kappa shape index (κ2) is 5.17. The van der Waals surface area contributed by atoms with Crippen molar-refractivity contribution < 1.29 is 9.53 Å². The van der Waals surface area contributed by atoms with Crippen LogP contribution in [0.1, 0.15) is 29.0 Å². The van der Waals surface area contributed by atoms with Crippen molar-refractivity contribution in [2.75, 3.05) is 6.61 Å². The molecule has 1 aromatic heterocycles. The van der Waals surface area contributed by atoms with Gasteiger partial charge in [0.25, 0.3) is 5.91 Å². The number of amides is 1. The van der Waals surface area contributed by atoms with Crippen LogP contribution < -0.4 is 5.32 Å². The third kappa shape index (κ3) is 2.18. The van der Waals surface area contributed by atoms with E-state index in [0.29, 0.717) is 23.4 Å². The van der Waals surface area contributed by atoms with Crippen LogP contribution in [0, 0.1) is 12.8 Å². The number of carbonyl (C=O) groups is 1. The fourth-order valence-electron chi connectivity index (χ4n) is 3.26. The van der Waals surface area contributed by atoms with Crippen LogP contribution in [0.3, 0.4) is 0 Å². The summed E-state index contributed by atoms with van der Waals surface area (Å²) in [6, 6.07) is 7.57. The zero-order valence-corrected chi connectivity index (χ0v) is 12.3. The highest BCUT2D eigenvalue weighted by Gasteiger charge is 2.45. The quantitative estimate of drug-likeness (QED) is 0.909. The fraction of sp³-hybridized carbons (Fsp3) is 0.467. The lowest BCUT2D eigenvalue weighted by Crippen LogP contribution is -2.53. The van der Waals surface area contributed by atoms with Crippen molar-refractivity contribution in [3.8, 4) is 5.69 Å². The van der Waals surface area contributed by atoms with Gasteiger partial charge in [-0.1, -0.05) is 6.07 Å². The van der Waals surface area contributed by atoms with Gasteiger partial charge in [-0.15, -0.1) is 5.10 Å². The molecule has 0 unspecified atom stereocenters. The van der Waals surface area contributed by atoms with E-state index in [0.717, 1.165) is 25.1 Å². The van der Waals surface area contributed by atoms with Crippen LogP contribution in [0.2, 0.25) is 0 Å². The fourth-order valence-corrected chi connectivity index (χ4v) is 3.26. The number of aryl methyl sites for hydroxylation is 1. The minimum absolute atomic E-state index is 0.0528. The van der Waals surface area contributed by atoms with E-state index in [1.165, 1.54) is 0 Å². The summed E-state index contributed by atoms with van der Waals surface area (Å²) in [5.74, 6) is 1.11. The molecule has 114 valence electrons. The van der Waals surface area contributed by atoms with E-state index in [2.05, 4.69) is 20.8 Å². The minimum Gasteiger partial charge on any atom is -0.378 e. The van der Waals surface area contributed by atoms with Crippen molar-refractivity contribution in [1.82, 2.24) is 25.5 Å². The molecule has 22 heavy (non-hydrogen) atoms. The summed E-state index contributed by atoms with van der Waals surface area (Å²) in [6.07, 6.45) is 2.31. The number of tetrazole rings is 1. The van der Waals surface area contributed by atoms with E-state index in [9.17, 15) is 4.79 Å². The average molecular weight is 299 g/mol. The topological polar surface area (TPSA) is 81.9 Å². The van der Waals surface area contributed by atoms with E-state index in [1.807, 2.05) is 19.1 Å². The Labute approximate surface area is 127 Å². The lowest BCUT2D eigenvalue weighted by atomic mass is 9.76. The van der Waals surface area contributed by atoms with Gasteiger partial charge in [0.2, 0.25) is 0 Å².